The lowest BCUT2D eigenvalue weighted by Crippen LogP contribution is -2.43. The van der Waals surface area contributed by atoms with Crippen molar-refractivity contribution in [1.29, 1.82) is 0 Å². The number of methoxy groups -OCH3 is 1. The van der Waals surface area contributed by atoms with E-state index in [4.69, 9.17) is 14.2 Å². The molecule has 8 heteroatoms. The number of guanidine groups is 1. The number of rotatable bonds is 12. The van der Waals surface area contributed by atoms with Gasteiger partial charge in [-0.2, -0.15) is 0 Å². The average Bonchev–Trinajstić information content (AvgIpc) is 2.77. The van der Waals surface area contributed by atoms with Crippen molar-refractivity contribution in [1.82, 2.24) is 15.5 Å². The van der Waals surface area contributed by atoms with E-state index in [0.717, 1.165) is 63.2 Å². The van der Waals surface area contributed by atoms with Crippen LogP contribution in [0.5, 0.6) is 11.5 Å². The smallest absolute Gasteiger partial charge is 0.190 e. The Bertz CT molecular complexity index is 637. The zero-order valence-electron chi connectivity index (χ0n) is 19.6. The van der Waals surface area contributed by atoms with Crippen LogP contribution >= 0.6 is 24.0 Å². The van der Waals surface area contributed by atoms with Gasteiger partial charge in [0.1, 0.15) is 0 Å². The first-order chi connectivity index (χ1) is 14.7. The Morgan fingerprint density at radius 2 is 1.81 bits per heavy atom. The molecule has 7 nitrogen and oxygen atoms in total. The van der Waals surface area contributed by atoms with Crippen LogP contribution in [0.15, 0.2) is 23.2 Å². The summed E-state index contributed by atoms with van der Waals surface area (Å²) in [5.74, 6) is 3.19. The van der Waals surface area contributed by atoms with Crippen molar-refractivity contribution < 1.29 is 14.2 Å². The molecule has 31 heavy (non-hydrogen) atoms. The highest BCUT2D eigenvalue weighted by Gasteiger charge is 2.19. The van der Waals surface area contributed by atoms with E-state index in [0.29, 0.717) is 19.1 Å². The summed E-state index contributed by atoms with van der Waals surface area (Å²) in [6.07, 6.45) is 3.34. The number of piperidine rings is 1. The molecule has 1 aliphatic heterocycles. The molecule has 1 fully saturated rings. The van der Waals surface area contributed by atoms with Crippen LogP contribution < -0.4 is 20.1 Å². The van der Waals surface area contributed by atoms with E-state index in [1.807, 2.05) is 27.0 Å². The molecule has 1 aliphatic rings. The molecule has 1 heterocycles. The minimum atomic E-state index is 0. The second-order valence-corrected chi connectivity index (χ2v) is 7.55. The third-order valence-corrected chi connectivity index (χ3v) is 5.41. The number of ether oxygens (including phenoxy) is 3. The molecule has 1 aromatic rings. The fraction of sp³-hybridized carbons (Fsp3) is 0.696. The lowest BCUT2D eigenvalue weighted by atomic mass is 9.97. The van der Waals surface area contributed by atoms with Gasteiger partial charge in [0.15, 0.2) is 17.5 Å². The first kappa shape index (κ1) is 27.8. The molecule has 0 spiro atoms. The van der Waals surface area contributed by atoms with Gasteiger partial charge in [-0.3, -0.25) is 4.99 Å². The zero-order chi connectivity index (χ0) is 21.6. The monoisotopic (exact) mass is 548 g/mol. The van der Waals surface area contributed by atoms with Crippen molar-refractivity contribution in [3.63, 3.8) is 0 Å². The summed E-state index contributed by atoms with van der Waals surface area (Å²) in [4.78, 5) is 6.85. The van der Waals surface area contributed by atoms with Crippen molar-refractivity contribution in [2.45, 2.75) is 33.1 Å². The predicted octanol–water partition coefficient (Wildman–Crippen LogP) is 3.17. The maximum atomic E-state index is 5.72. The lowest BCUT2D eigenvalue weighted by molar-refractivity contribution is 0.121. The summed E-state index contributed by atoms with van der Waals surface area (Å²) in [6, 6.07) is 6.17. The number of benzene rings is 1. The summed E-state index contributed by atoms with van der Waals surface area (Å²) in [7, 11) is 3.59. The summed E-state index contributed by atoms with van der Waals surface area (Å²) in [5, 5.41) is 6.92. The highest BCUT2D eigenvalue weighted by atomic mass is 127. The number of nitrogens with one attached hydrogen (secondary N) is 2. The minimum absolute atomic E-state index is 0. The maximum Gasteiger partial charge on any atom is 0.190 e. The Hall–Kier alpha value is -1.26. The third-order valence-electron chi connectivity index (χ3n) is 5.41. The van der Waals surface area contributed by atoms with Crippen LogP contribution in [0.25, 0.3) is 0 Å². The molecule has 0 radical (unpaired) electrons. The highest BCUT2D eigenvalue weighted by molar-refractivity contribution is 14.0. The predicted molar refractivity (Wildman–Crippen MR) is 138 cm³/mol. The Labute approximate surface area is 205 Å². The van der Waals surface area contributed by atoms with Gasteiger partial charge >= 0.3 is 0 Å². The largest absolute Gasteiger partial charge is 0.490 e. The third kappa shape index (κ3) is 10.3. The van der Waals surface area contributed by atoms with Crippen LogP contribution in [0.4, 0.5) is 0 Å². The van der Waals surface area contributed by atoms with Crippen LogP contribution in [0.2, 0.25) is 0 Å². The van der Waals surface area contributed by atoms with Crippen molar-refractivity contribution in [3.05, 3.63) is 23.8 Å². The quantitative estimate of drug-likeness (QED) is 0.238. The number of halogens is 1. The first-order valence-corrected chi connectivity index (χ1v) is 11.2. The van der Waals surface area contributed by atoms with E-state index in [9.17, 15) is 0 Å². The van der Waals surface area contributed by atoms with Gasteiger partial charge in [-0.15, -0.1) is 24.0 Å². The molecule has 0 aliphatic carbocycles. The van der Waals surface area contributed by atoms with Gasteiger partial charge in [0, 0.05) is 33.8 Å². The van der Waals surface area contributed by atoms with Crippen molar-refractivity contribution in [2.24, 2.45) is 10.9 Å². The second-order valence-electron chi connectivity index (χ2n) is 7.55. The Balaban J connectivity index is 0.00000480. The fourth-order valence-electron chi connectivity index (χ4n) is 3.67. The molecule has 178 valence electrons. The Kier molecular flexibility index (Phi) is 14.7. The van der Waals surface area contributed by atoms with Gasteiger partial charge < -0.3 is 29.7 Å². The molecule has 0 bridgehead atoms. The van der Waals surface area contributed by atoms with E-state index >= 15 is 0 Å². The molecule has 0 unspecified atom stereocenters. The van der Waals surface area contributed by atoms with Crippen LogP contribution in [0.3, 0.4) is 0 Å². The maximum absolute atomic E-state index is 5.72. The summed E-state index contributed by atoms with van der Waals surface area (Å²) in [5.41, 5.74) is 1.22. The second kappa shape index (κ2) is 16.4. The lowest BCUT2D eigenvalue weighted by Gasteiger charge is -2.32. The van der Waals surface area contributed by atoms with Crippen LogP contribution in [-0.2, 0) is 11.2 Å². The SMILES string of the molecule is CCOc1ccc(CCNC(=NC)NCC2CCN(CCOC)CC2)cc1OCC.I. The van der Waals surface area contributed by atoms with Gasteiger partial charge in [0.25, 0.3) is 0 Å². The summed E-state index contributed by atoms with van der Waals surface area (Å²) >= 11 is 0. The topological polar surface area (TPSA) is 67.4 Å². The zero-order valence-corrected chi connectivity index (χ0v) is 21.9. The van der Waals surface area contributed by atoms with Gasteiger partial charge in [0.05, 0.1) is 19.8 Å². The van der Waals surface area contributed by atoms with Crippen LogP contribution in [0, 0.1) is 5.92 Å². The highest BCUT2D eigenvalue weighted by Crippen LogP contribution is 2.28. The van der Waals surface area contributed by atoms with Crippen molar-refractivity contribution in [3.8, 4) is 11.5 Å². The van der Waals surface area contributed by atoms with Gasteiger partial charge in [0.2, 0.25) is 0 Å². The van der Waals surface area contributed by atoms with Crippen molar-refractivity contribution in [2.75, 3.05) is 66.7 Å². The molecule has 0 atom stereocenters. The van der Waals surface area contributed by atoms with E-state index < -0.39 is 0 Å². The normalized spacial score (nSPS) is 15.3. The Morgan fingerprint density at radius 3 is 2.45 bits per heavy atom. The number of hydrogen-bond acceptors (Lipinski definition) is 5. The first-order valence-electron chi connectivity index (χ1n) is 11.2. The van der Waals surface area contributed by atoms with E-state index in [1.54, 1.807) is 7.11 Å². The Morgan fingerprint density at radius 1 is 1.10 bits per heavy atom. The van der Waals surface area contributed by atoms with E-state index in [-0.39, 0.29) is 24.0 Å². The number of aliphatic imine (C=N–C) groups is 1. The number of nitrogens with zero attached hydrogens (tertiary/aromatic N) is 2. The van der Waals surface area contributed by atoms with Gasteiger partial charge in [-0.1, -0.05) is 6.07 Å². The van der Waals surface area contributed by atoms with Crippen LogP contribution in [0.1, 0.15) is 32.3 Å². The van der Waals surface area contributed by atoms with Crippen LogP contribution in [-0.4, -0.2) is 77.6 Å². The van der Waals surface area contributed by atoms with E-state index in [2.05, 4.69) is 32.7 Å². The van der Waals surface area contributed by atoms with Gasteiger partial charge in [-0.05, 0) is 69.8 Å². The molecule has 0 aromatic heterocycles. The standard InChI is InChI=1S/C23H40N4O3.HI/c1-5-29-21-8-7-19(17-22(21)30-6-2)9-12-25-23(24-3)26-18-20-10-13-27(14-11-20)15-16-28-4;/h7-8,17,20H,5-6,9-16,18H2,1-4H3,(H2,24,25,26);1H. The van der Waals surface area contributed by atoms with Gasteiger partial charge in [-0.25, -0.2) is 0 Å². The summed E-state index contributed by atoms with van der Waals surface area (Å²) in [6.45, 7) is 11.2. The van der Waals surface area contributed by atoms with Crippen molar-refractivity contribution >= 4 is 29.9 Å². The number of hydrogen-bond donors (Lipinski definition) is 2. The fourth-order valence-corrected chi connectivity index (χ4v) is 3.67. The molecule has 1 aromatic carbocycles. The molecule has 1 saturated heterocycles. The summed E-state index contributed by atoms with van der Waals surface area (Å²) < 4.78 is 16.5. The van der Waals surface area contributed by atoms with E-state index in [1.165, 1.54) is 18.4 Å². The molecule has 0 amide bonds. The molecular weight excluding hydrogens is 507 g/mol. The average molecular weight is 549 g/mol. The minimum Gasteiger partial charge on any atom is -0.490 e. The molecule has 0 saturated carbocycles. The number of likely N-dealkylation sites (tertiary alicyclic amines) is 1. The molecule has 2 rings (SSSR count). The molecule has 2 N–H and O–H groups in total. The molecular formula is C23H41IN4O3.